The topological polar surface area (TPSA) is 12.9 Å². The summed E-state index contributed by atoms with van der Waals surface area (Å²) in [5.41, 5.74) is 2.55. The van der Waals surface area contributed by atoms with Crippen LogP contribution in [0, 0.1) is 6.92 Å². The number of aryl methyl sites for hydroxylation is 1. The Morgan fingerprint density at radius 2 is 2.07 bits per heavy atom. The maximum Gasteiger partial charge on any atom is 0.132 e. The molecule has 0 aliphatic rings. The van der Waals surface area contributed by atoms with Gasteiger partial charge in [-0.25, -0.2) is 4.98 Å². The van der Waals surface area contributed by atoms with Crippen LogP contribution in [-0.2, 0) is 6.42 Å². The van der Waals surface area contributed by atoms with Gasteiger partial charge >= 0.3 is 0 Å². The van der Waals surface area contributed by atoms with Gasteiger partial charge in [0.05, 0.1) is 0 Å². The number of halogens is 1. The van der Waals surface area contributed by atoms with E-state index in [0.29, 0.717) is 5.15 Å². The molecule has 1 heterocycles. The molecule has 3 heteroatoms. The molecule has 0 N–H and O–H groups in total. The van der Waals surface area contributed by atoms with Crippen molar-refractivity contribution in [3.8, 4) is 0 Å². The van der Waals surface area contributed by atoms with Gasteiger partial charge in [-0.1, -0.05) is 32.9 Å². The van der Waals surface area contributed by atoms with Crippen LogP contribution in [0.1, 0.15) is 24.5 Å². The Balaban J connectivity index is 3.26. The predicted octanol–water partition coefficient (Wildman–Crippen LogP) is 3.36. The first kappa shape index (κ1) is 11.9. The highest BCUT2D eigenvalue weighted by Crippen LogP contribution is 2.30. The number of nitrogens with zero attached hydrogens (tertiary/aromatic N) is 1. The van der Waals surface area contributed by atoms with Crippen molar-refractivity contribution in [1.82, 2.24) is 4.98 Å². The lowest BCUT2D eigenvalue weighted by molar-refractivity contribution is 0.918. The Kier molecular flexibility index (Phi) is 4.34. The molecule has 0 unspecified atom stereocenters. The zero-order valence-electron chi connectivity index (χ0n) is 9.26. The Morgan fingerprint density at radius 3 is 2.57 bits per heavy atom. The molecule has 1 aromatic rings. The van der Waals surface area contributed by atoms with Gasteiger partial charge in [-0.2, -0.15) is 0 Å². The predicted molar refractivity (Wildman–Crippen MR) is 66.4 cm³/mol. The summed E-state index contributed by atoms with van der Waals surface area (Å²) in [5, 5.41) is 2.14. The highest BCUT2D eigenvalue weighted by Gasteiger charge is 2.13. The number of hydrogen-bond acceptors (Lipinski definition) is 1. The van der Waals surface area contributed by atoms with Gasteiger partial charge in [0.15, 0.2) is 0 Å². The van der Waals surface area contributed by atoms with Crippen molar-refractivity contribution in [2.45, 2.75) is 26.7 Å². The second-order valence-corrected chi connectivity index (χ2v) is 6.30. The summed E-state index contributed by atoms with van der Waals surface area (Å²) >= 11 is 6.12. The van der Waals surface area contributed by atoms with Gasteiger partial charge in [0.2, 0.25) is 0 Å². The number of rotatable bonds is 3. The van der Waals surface area contributed by atoms with Gasteiger partial charge in [0.1, 0.15) is 5.15 Å². The average molecular weight is 230 g/mol. The number of hydrogen-bond donors (Lipinski definition) is 0. The van der Waals surface area contributed by atoms with Gasteiger partial charge in [0, 0.05) is 6.20 Å². The molecule has 1 aromatic heterocycles. The highest BCUT2D eigenvalue weighted by molar-refractivity contribution is 7.64. The normalized spacial score (nSPS) is 11.0. The quantitative estimate of drug-likeness (QED) is 0.572. The van der Waals surface area contributed by atoms with Crippen molar-refractivity contribution >= 4 is 24.8 Å². The fourth-order valence-electron chi connectivity index (χ4n) is 1.72. The van der Waals surface area contributed by atoms with Crippen molar-refractivity contribution in [3.05, 3.63) is 22.5 Å². The molecule has 0 saturated carbocycles. The second-order valence-electron chi connectivity index (χ2n) is 3.70. The van der Waals surface area contributed by atoms with E-state index in [1.807, 2.05) is 6.20 Å². The van der Waals surface area contributed by atoms with E-state index in [4.69, 9.17) is 11.6 Å². The zero-order valence-corrected chi connectivity index (χ0v) is 10.9. The molecular formula is C11H17ClNP. The van der Waals surface area contributed by atoms with Crippen LogP contribution < -0.4 is 5.30 Å². The van der Waals surface area contributed by atoms with E-state index < -0.39 is 0 Å². The molecule has 0 aliphatic carbocycles. The maximum atomic E-state index is 6.12. The lowest BCUT2D eigenvalue weighted by atomic mass is 10.1. The molecule has 14 heavy (non-hydrogen) atoms. The monoisotopic (exact) mass is 229 g/mol. The van der Waals surface area contributed by atoms with Crippen LogP contribution in [0.4, 0.5) is 0 Å². The van der Waals surface area contributed by atoms with Gasteiger partial charge in [-0.05, 0) is 43.1 Å². The molecule has 0 spiro atoms. The third-order valence-corrected chi connectivity index (χ3v) is 4.07. The summed E-state index contributed by atoms with van der Waals surface area (Å²) in [6.07, 6.45) is 4.06. The van der Waals surface area contributed by atoms with E-state index in [1.165, 1.54) is 16.4 Å². The van der Waals surface area contributed by atoms with E-state index >= 15 is 0 Å². The zero-order chi connectivity index (χ0) is 10.7. The third kappa shape index (κ3) is 2.46. The summed E-state index contributed by atoms with van der Waals surface area (Å²) in [6, 6.07) is 0. The summed E-state index contributed by atoms with van der Waals surface area (Å²) in [4.78, 5) is 4.22. The minimum atomic E-state index is -0.0894. The molecule has 0 amide bonds. The van der Waals surface area contributed by atoms with Crippen LogP contribution in [0.15, 0.2) is 6.20 Å². The van der Waals surface area contributed by atoms with E-state index in [0.717, 1.165) is 12.8 Å². The minimum absolute atomic E-state index is 0.0894. The summed E-state index contributed by atoms with van der Waals surface area (Å²) in [7, 11) is -0.0894. The van der Waals surface area contributed by atoms with Gasteiger partial charge in [-0.15, -0.1) is 0 Å². The van der Waals surface area contributed by atoms with Gasteiger partial charge < -0.3 is 0 Å². The molecule has 1 nitrogen and oxygen atoms in total. The highest BCUT2D eigenvalue weighted by atomic mass is 35.5. The Hall–Kier alpha value is -0.130. The van der Waals surface area contributed by atoms with Crippen LogP contribution in [0.25, 0.3) is 0 Å². The Morgan fingerprint density at radius 1 is 1.43 bits per heavy atom. The molecule has 0 fully saturated rings. The molecule has 0 aromatic carbocycles. The first-order chi connectivity index (χ1) is 6.57. The molecule has 78 valence electrons. The van der Waals surface area contributed by atoms with Crippen molar-refractivity contribution in [1.29, 1.82) is 0 Å². The van der Waals surface area contributed by atoms with Crippen molar-refractivity contribution in [2.24, 2.45) is 0 Å². The first-order valence-electron chi connectivity index (χ1n) is 4.89. The van der Waals surface area contributed by atoms with Gasteiger partial charge in [-0.3, -0.25) is 0 Å². The SMILES string of the molecule is CCCc1c(Cl)ncc(C)c1P(C)C. The molecule has 1 rings (SSSR count). The summed E-state index contributed by atoms with van der Waals surface area (Å²) < 4.78 is 0. The molecule has 0 saturated heterocycles. The maximum absolute atomic E-state index is 6.12. The van der Waals surface area contributed by atoms with E-state index in [9.17, 15) is 0 Å². The summed E-state index contributed by atoms with van der Waals surface area (Å²) in [5.74, 6) is 0. The van der Waals surface area contributed by atoms with E-state index in [1.54, 1.807) is 0 Å². The Bertz CT molecular complexity index is 323. The lowest BCUT2D eigenvalue weighted by Gasteiger charge is -2.16. The van der Waals surface area contributed by atoms with Crippen LogP contribution in [0.5, 0.6) is 0 Å². The van der Waals surface area contributed by atoms with E-state index in [2.05, 4.69) is 32.2 Å². The number of pyridine rings is 1. The van der Waals surface area contributed by atoms with Crippen LogP contribution in [0.3, 0.4) is 0 Å². The van der Waals surface area contributed by atoms with Crippen molar-refractivity contribution in [2.75, 3.05) is 13.3 Å². The molecule has 0 aliphatic heterocycles. The first-order valence-corrected chi connectivity index (χ1v) is 7.50. The third-order valence-electron chi connectivity index (χ3n) is 2.23. The minimum Gasteiger partial charge on any atom is -0.244 e. The standard InChI is InChI=1S/C11H17ClNP/c1-5-6-9-10(14(3)4)8(2)7-13-11(9)12/h7H,5-6H2,1-4H3. The average Bonchev–Trinajstić information content (AvgIpc) is 2.11. The number of aromatic nitrogens is 1. The van der Waals surface area contributed by atoms with Crippen molar-refractivity contribution in [3.63, 3.8) is 0 Å². The molecular weight excluding hydrogens is 213 g/mol. The summed E-state index contributed by atoms with van der Waals surface area (Å²) in [6.45, 7) is 8.84. The largest absolute Gasteiger partial charge is 0.244 e. The van der Waals surface area contributed by atoms with Crippen LogP contribution in [-0.4, -0.2) is 18.3 Å². The smallest absolute Gasteiger partial charge is 0.132 e. The van der Waals surface area contributed by atoms with Crippen LogP contribution >= 0.6 is 19.5 Å². The van der Waals surface area contributed by atoms with E-state index in [-0.39, 0.29) is 7.92 Å². The molecule has 0 atom stereocenters. The van der Waals surface area contributed by atoms with Crippen molar-refractivity contribution < 1.29 is 0 Å². The van der Waals surface area contributed by atoms with Crippen LogP contribution in [0.2, 0.25) is 5.15 Å². The molecule has 0 radical (unpaired) electrons. The fourth-order valence-corrected chi connectivity index (χ4v) is 3.55. The Labute approximate surface area is 92.6 Å². The van der Waals surface area contributed by atoms with Gasteiger partial charge in [0.25, 0.3) is 0 Å². The molecule has 0 bridgehead atoms. The second kappa shape index (κ2) is 5.09. The fraction of sp³-hybridized carbons (Fsp3) is 0.545. The lowest BCUT2D eigenvalue weighted by Crippen LogP contribution is -2.13.